The Morgan fingerprint density at radius 3 is 2.65 bits per heavy atom. The van der Waals surface area contributed by atoms with Crippen LogP contribution in [0.3, 0.4) is 0 Å². The van der Waals surface area contributed by atoms with Gasteiger partial charge in [0.25, 0.3) is 0 Å². The number of urea groups is 1. The van der Waals surface area contributed by atoms with Crippen LogP contribution in [0, 0.1) is 18.2 Å². The van der Waals surface area contributed by atoms with Gasteiger partial charge >= 0.3 is 6.03 Å². The van der Waals surface area contributed by atoms with Crippen molar-refractivity contribution >= 4 is 11.7 Å². The minimum Gasteiger partial charge on any atom is -0.367 e. The minimum absolute atomic E-state index is 0.164. The van der Waals surface area contributed by atoms with Crippen LogP contribution in [-0.2, 0) is 0 Å². The van der Waals surface area contributed by atoms with Gasteiger partial charge in [-0.3, -0.25) is 4.90 Å². The normalized spacial score (nSPS) is 15.0. The number of hydrogen-bond donors (Lipinski definition) is 2. The maximum Gasteiger partial charge on any atom is 0.315 e. The summed E-state index contributed by atoms with van der Waals surface area (Å²) in [5, 5.41) is 5.32. The first-order valence-electron chi connectivity index (χ1n) is 7.87. The Bertz CT molecular complexity index is 550. The molecule has 1 saturated heterocycles. The number of carbonyl (C=O) groups excluding carboxylic acids is 1. The third-order valence-electron chi connectivity index (χ3n) is 3.85. The van der Waals surface area contributed by atoms with Gasteiger partial charge in [0.2, 0.25) is 0 Å². The molecular weight excluding hydrogens is 295 g/mol. The highest BCUT2D eigenvalue weighted by atomic mass is 19.1. The number of rotatable bonds is 6. The molecule has 1 aliphatic heterocycles. The number of benzene rings is 1. The molecule has 0 unspecified atom stereocenters. The number of nitrogens with zero attached hydrogens (tertiary/aromatic N) is 2. The first-order chi connectivity index (χ1) is 11.2. The van der Waals surface area contributed by atoms with E-state index in [0.29, 0.717) is 12.2 Å². The van der Waals surface area contributed by atoms with Gasteiger partial charge in [-0.25, -0.2) is 9.18 Å². The summed E-state index contributed by atoms with van der Waals surface area (Å²) in [5.41, 5.74) is 0.680. The zero-order chi connectivity index (χ0) is 16.5. The van der Waals surface area contributed by atoms with Crippen LogP contribution < -0.4 is 15.5 Å². The molecule has 23 heavy (non-hydrogen) atoms. The van der Waals surface area contributed by atoms with Gasteiger partial charge in [0.15, 0.2) is 0 Å². The molecular formula is C17H23FN4O. The Morgan fingerprint density at radius 2 is 1.96 bits per heavy atom. The SMILES string of the molecule is C#CCNC(=O)NCCCN1CCN(c2ccccc2F)CC1. The molecule has 1 fully saturated rings. The maximum absolute atomic E-state index is 13.8. The van der Waals surface area contributed by atoms with Crippen molar-refractivity contribution in [2.24, 2.45) is 0 Å². The number of carbonyl (C=O) groups is 1. The van der Waals surface area contributed by atoms with Crippen LogP contribution in [-0.4, -0.2) is 56.7 Å². The van der Waals surface area contributed by atoms with Crippen molar-refractivity contribution in [2.75, 3.05) is 50.7 Å². The van der Waals surface area contributed by atoms with Crippen LogP contribution >= 0.6 is 0 Å². The number of anilines is 1. The molecule has 1 aliphatic rings. The lowest BCUT2D eigenvalue weighted by molar-refractivity contribution is 0.237. The predicted octanol–water partition coefficient (Wildman–Crippen LogP) is 1.27. The second kappa shape index (κ2) is 9.01. The summed E-state index contributed by atoms with van der Waals surface area (Å²) in [4.78, 5) is 15.7. The summed E-state index contributed by atoms with van der Waals surface area (Å²) < 4.78 is 13.8. The molecule has 1 aromatic carbocycles. The van der Waals surface area contributed by atoms with Crippen LogP contribution in [0.25, 0.3) is 0 Å². The van der Waals surface area contributed by atoms with E-state index < -0.39 is 0 Å². The lowest BCUT2D eigenvalue weighted by Gasteiger charge is -2.36. The number of nitrogens with one attached hydrogen (secondary N) is 2. The Hall–Kier alpha value is -2.26. The molecule has 0 aromatic heterocycles. The number of hydrogen-bond acceptors (Lipinski definition) is 3. The first kappa shape index (κ1) is 17.1. The van der Waals surface area contributed by atoms with Crippen molar-refractivity contribution in [1.82, 2.24) is 15.5 Å². The summed E-state index contributed by atoms with van der Waals surface area (Å²) in [7, 11) is 0. The van der Waals surface area contributed by atoms with Crippen LogP contribution in [0.2, 0.25) is 0 Å². The number of terminal acetylenes is 1. The number of amides is 2. The molecule has 2 N–H and O–H groups in total. The highest BCUT2D eigenvalue weighted by Crippen LogP contribution is 2.19. The van der Waals surface area contributed by atoms with E-state index in [1.807, 2.05) is 12.1 Å². The van der Waals surface area contributed by atoms with Gasteiger partial charge in [0, 0.05) is 32.7 Å². The van der Waals surface area contributed by atoms with Crippen LogP contribution in [0.1, 0.15) is 6.42 Å². The van der Waals surface area contributed by atoms with Gasteiger partial charge in [-0.15, -0.1) is 6.42 Å². The van der Waals surface area contributed by atoms with E-state index in [1.54, 1.807) is 6.07 Å². The van der Waals surface area contributed by atoms with Crippen molar-refractivity contribution in [2.45, 2.75) is 6.42 Å². The van der Waals surface area contributed by atoms with Crippen LogP contribution in [0.15, 0.2) is 24.3 Å². The van der Waals surface area contributed by atoms with Crippen molar-refractivity contribution in [3.05, 3.63) is 30.1 Å². The van der Waals surface area contributed by atoms with Crippen molar-refractivity contribution in [3.63, 3.8) is 0 Å². The molecule has 2 rings (SSSR count). The van der Waals surface area contributed by atoms with E-state index in [-0.39, 0.29) is 18.4 Å². The Morgan fingerprint density at radius 1 is 1.22 bits per heavy atom. The highest BCUT2D eigenvalue weighted by Gasteiger charge is 2.18. The molecule has 2 amide bonds. The summed E-state index contributed by atoms with van der Waals surface area (Å²) in [6, 6.07) is 6.67. The molecule has 0 aliphatic carbocycles. The summed E-state index contributed by atoms with van der Waals surface area (Å²) in [6.07, 6.45) is 5.94. The average molecular weight is 318 g/mol. The molecule has 124 valence electrons. The molecule has 0 bridgehead atoms. The van der Waals surface area contributed by atoms with E-state index in [2.05, 4.69) is 26.4 Å². The second-order valence-electron chi connectivity index (χ2n) is 5.45. The topological polar surface area (TPSA) is 47.6 Å². The van der Waals surface area contributed by atoms with Gasteiger partial charge < -0.3 is 15.5 Å². The molecule has 5 nitrogen and oxygen atoms in total. The number of halogens is 1. The van der Waals surface area contributed by atoms with Gasteiger partial charge in [-0.2, -0.15) is 0 Å². The van der Waals surface area contributed by atoms with Crippen molar-refractivity contribution < 1.29 is 9.18 Å². The zero-order valence-corrected chi connectivity index (χ0v) is 13.2. The monoisotopic (exact) mass is 318 g/mol. The fraction of sp³-hybridized carbons (Fsp3) is 0.471. The minimum atomic E-state index is -0.229. The lowest BCUT2D eigenvalue weighted by atomic mass is 10.2. The Balaban J connectivity index is 1.63. The molecule has 0 atom stereocenters. The fourth-order valence-corrected chi connectivity index (χ4v) is 2.62. The first-order valence-corrected chi connectivity index (χ1v) is 7.87. The average Bonchev–Trinajstić information content (AvgIpc) is 2.58. The smallest absolute Gasteiger partial charge is 0.315 e. The van der Waals surface area contributed by atoms with E-state index >= 15 is 0 Å². The molecule has 6 heteroatoms. The standard InChI is InChI=1S/C17H23FN4O/c1-2-8-19-17(23)20-9-5-10-21-11-13-22(14-12-21)16-7-4-3-6-15(16)18/h1,3-4,6-7H,5,8-14H2,(H2,19,20,23). The van der Waals surface area contributed by atoms with E-state index in [0.717, 1.165) is 39.1 Å². The third kappa shape index (κ3) is 5.46. The number of piperazine rings is 1. The lowest BCUT2D eigenvalue weighted by Crippen LogP contribution is -2.47. The maximum atomic E-state index is 13.8. The Labute approximate surface area is 136 Å². The third-order valence-corrected chi connectivity index (χ3v) is 3.85. The summed E-state index contributed by atoms with van der Waals surface area (Å²) >= 11 is 0. The van der Waals surface area contributed by atoms with Gasteiger partial charge in [-0.05, 0) is 25.1 Å². The molecule has 1 aromatic rings. The van der Waals surface area contributed by atoms with Gasteiger partial charge in [-0.1, -0.05) is 18.1 Å². The van der Waals surface area contributed by atoms with Crippen molar-refractivity contribution in [3.8, 4) is 12.3 Å². The van der Waals surface area contributed by atoms with Crippen LogP contribution in [0.4, 0.5) is 14.9 Å². The molecule has 0 spiro atoms. The molecule has 0 saturated carbocycles. The predicted molar refractivity (Wildman–Crippen MR) is 89.9 cm³/mol. The van der Waals surface area contributed by atoms with Gasteiger partial charge in [0.1, 0.15) is 5.82 Å². The summed E-state index contributed by atoms with van der Waals surface area (Å²) in [5.74, 6) is 2.19. The van der Waals surface area contributed by atoms with E-state index in [9.17, 15) is 9.18 Å². The quantitative estimate of drug-likeness (QED) is 0.613. The summed E-state index contributed by atoms with van der Waals surface area (Å²) in [6.45, 7) is 5.21. The molecule has 1 heterocycles. The van der Waals surface area contributed by atoms with Crippen LogP contribution in [0.5, 0.6) is 0 Å². The fourth-order valence-electron chi connectivity index (χ4n) is 2.62. The van der Waals surface area contributed by atoms with E-state index in [1.165, 1.54) is 6.07 Å². The highest BCUT2D eigenvalue weighted by molar-refractivity contribution is 5.74. The van der Waals surface area contributed by atoms with Gasteiger partial charge in [0.05, 0.1) is 12.2 Å². The second-order valence-corrected chi connectivity index (χ2v) is 5.45. The van der Waals surface area contributed by atoms with E-state index in [4.69, 9.17) is 6.42 Å². The zero-order valence-electron chi connectivity index (χ0n) is 13.2. The Kier molecular flexibility index (Phi) is 6.70. The largest absolute Gasteiger partial charge is 0.367 e. The van der Waals surface area contributed by atoms with Crippen molar-refractivity contribution in [1.29, 1.82) is 0 Å². The molecule has 0 radical (unpaired) electrons. The number of para-hydroxylation sites is 1.